The van der Waals surface area contributed by atoms with Crippen molar-refractivity contribution < 1.29 is 292 Å². The summed E-state index contributed by atoms with van der Waals surface area (Å²) in [5, 5.41) is 370. The molecule has 0 radical (unpaired) electrons. The highest BCUT2D eigenvalue weighted by Gasteiger charge is 2.64. The summed E-state index contributed by atoms with van der Waals surface area (Å²) in [6.45, 7) is -5.55. The van der Waals surface area contributed by atoms with Gasteiger partial charge in [-0.2, -0.15) is 0 Å². The van der Waals surface area contributed by atoms with Crippen molar-refractivity contribution in [2.75, 3.05) is 66.1 Å². The van der Waals surface area contributed by atoms with E-state index in [2.05, 4.69) is 21.3 Å². The molecule has 143 heavy (non-hydrogen) atoms. The van der Waals surface area contributed by atoms with Crippen LogP contribution in [0.3, 0.4) is 0 Å². The Balaban J connectivity index is 0.885. The SMILES string of the molecule is CC(=O)N[C@H]1[C@H](O[C@H]2[C@H](O)[C@@H](NC(C)=O)C(O)O[C@@H]2CO[C@@H]2O[C@@H](C)[C@@H](O)[C@@H](O)[C@@H]2O)O[C@H](CO)[C@@H](O[C@@H]2O[C@H](CO[C@H]3O[C@H](CO)[C@@H](O)[C@H](O)[C@@H]3O[C@@H]3O[C@H](CO)[C@@H](O[C@@H]4O[C@H](CO)[C@H](O)[C@H](O[C@H]5O[C@H](CO)[C@H](O)[C@H](O)[C@H]5O)[C@H]4O)[C@H](O)[C@H]3NC(C)=O)[C@@H](O)[C@H](O[C@H]3O[C@H](CO)[C@@H](O)[C@H](O)[C@@H]3O[C@@H]3O[C@H](CO)[C@@H](O[C@@H]4O[C@H](CO)[C@H](O)[C@H](O)[C@H]4O)[C@H](O[C@@H]4O[C@@H](C)[C@@H](O)[C@@H](O)[C@@H]4O)[C@H]3NC(C)=O)[C@@H]2O)[C@@H]1O. The van der Waals surface area contributed by atoms with Gasteiger partial charge in [0.2, 0.25) is 23.6 Å². The van der Waals surface area contributed by atoms with E-state index in [1.807, 2.05) is 0 Å². The average molecular weight is 2100 g/mol. The van der Waals surface area contributed by atoms with Gasteiger partial charge in [0, 0.05) is 27.7 Å². The first kappa shape index (κ1) is 117. The highest BCUT2D eigenvalue weighted by Crippen LogP contribution is 2.43. The summed E-state index contributed by atoms with van der Waals surface area (Å²) in [7, 11) is 0. The molecule has 36 N–H and O–H groups in total. The third-order valence-electron chi connectivity index (χ3n) is 26.6. The van der Waals surface area contributed by atoms with Gasteiger partial charge < -0.3 is 294 Å². The molecular formula is C80H134N4O59. The molecule has 828 valence electrons. The third-order valence-corrected chi connectivity index (χ3v) is 26.6. The van der Waals surface area contributed by atoms with Gasteiger partial charge in [0.05, 0.1) is 78.3 Å². The van der Waals surface area contributed by atoms with E-state index in [1.165, 1.54) is 13.8 Å². The van der Waals surface area contributed by atoms with Crippen molar-refractivity contribution in [1.29, 1.82) is 0 Å². The molecule has 63 heteroatoms. The van der Waals surface area contributed by atoms with E-state index < -0.39 is 458 Å². The quantitative estimate of drug-likeness (QED) is 0.0277. The summed E-state index contributed by atoms with van der Waals surface area (Å²) in [4.78, 5) is 52.9. The lowest BCUT2D eigenvalue weighted by atomic mass is 9.93. The zero-order valence-electron chi connectivity index (χ0n) is 77.0. The Morgan fingerprint density at radius 3 is 0.874 bits per heavy atom. The van der Waals surface area contributed by atoms with Crippen LogP contribution in [-0.2, 0) is 128 Å². The second kappa shape index (κ2) is 51.0. The Kier molecular flexibility index (Phi) is 41.8. The molecule has 0 bridgehead atoms. The first-order valence-electron chi connectivity index (χ1n) is 45.9. The number of rotatable bonds is 36. The first-order valence-corrected chi connectivity index (χ1v) is 45.9. The van der Waals surface area contributed by atoms with Crippen LogP contribution >= 0.6 is 0 Å². The monoisotopic (exact) mass is 2090 g/mol. The van der Waals surface area contributed by atoms with Crippen molar-refractivity contribution in [2.45, 2.75) is 410 Å². The topological polar surface area (TPSA) is 976 Å². The molecule has 60 atom stereocenters. The maximum absolute atomic E-state index is 13.7. The van der Waals surface area contributed by atoms with Gasteiger partial charge in [-0.3, -0.25) is 19.2 Å². The van der Waals surface area contributed by atoms with Crippen LogP contribution in [0.25, 0.3) is 0 Å². The van der Waals surface area contributed by atoms with Crippen LogP contribution in [-0.4, -0.2) is 621 Å². The molecule has 12 aliphatic heterocycles. The second-order valence-corrected chi connectivity index (χ2v) is 36.6. The summed E-state index contributed by atoms with van der Waals surface area (Å²) in [5.41, 5.74) is 0. The molecule has 4 amide bonds. The number of amides is 4. The maximum atomic E-state index is 13.7. The largest absolute Gasteiger partial charge is 0.394 e. The Bertz CT molecular complexity index is 3960. The molecule has 12 fully saturated rings. The lowest BCUT2D eigenvalue weighted by Gasteiger charge is -2.52. The number of aliphatic hydroxyl groups is 32. The van der Waals surface area contributed by atoms with E-state index in [9.17, 15) is 183 Å². The van der Waals surface area contributed by atoms with E-state index in [1.54, 1.807) is 0 Å². The highest BCUT2D eigenvalue weighted by molar-refractivity contribution is 5.74. The van der Waals surface area contributed by atoms with E-state index >= 15 is 0 Å². The Hall–Kier alpha value is -4.32. The van der Waals surface area contributed by atoms with Gasteiger partial charge in [0.25, 0.3) is 0 Å². The molecule has 0 aromatic carbocycles. The summed E-state index contributed by atoms with van der Waals surface area (Å²) in [6.07, 6.45) is -120. The lowest BCUT2D eigenvalue weighted by molar-refractivity contribution is -0.403. The average Bonchev–Trinajstić information content (AvgIpc) is 0.784. The minimum absolute atomic E-state index is 0.874. The van der Waals surface area contributed by atoms with Gasteiger partial charge >= 0.3 is 0 Å². The molecule has 12 heterocycles. The third kappa shape index (κ3) is 25.8. The van der Waals surface area contributed by atoms with E-state index in [-0.39, 0.29) is 0 Å². The number of carbonyl (C=O) groups is 4. The van der Waals surface area contributed by atoms with Crippen LogP contribution in [0.5, 0.6) is 0 Å². The van der Waals surface area contributed by atoms with Crippen LogP contribution in [0, 0.1) is 0 Å². The van der Waals surface area contributed by atoms with Gasteiger partial charge in [-0.25, -0.2) is 0 Å². The second-order valence-electron chi connectivity index (χ2n) is 36.6. The smallest absolute Gasteiger partial charge is 0.217 e. The standard InChI is InChI=1S/C80H134N4O59/c1-17-37(97)48(108)54(114)73(123-17)121-16-32-62(45(105)33(69(120)125-32)81-19(3)93)135-70-34(82-20(4)94)46(106)61(28(12-90)131-70)137-78-59(119)66(141-80-68(53(113)42(102)26(10-88)130-80)143-72-36(84-22(6)96)64(139-74-55(115)49(109)38(98)18(2)124-74)63(30(14-92)133-72)138-75-56(116)50(110)39(99)23(7-85)126-75)44(104)31(134-78)15-122-79-67(52(112)41(101)25(9-87)129-79)142-71-35(83-21(5)95)47(107)60(29(13-91)132-71)136-77-58(118)65(43(103)27(11-89)128-77)140-76-57(117)51(111)40(100)24(8-86)127-76/h17-18,23-80,85-92,97-120H,7-16H2,1-6H3,(H,81,93)(H,82,94)(H,83,95)(H,84,96)/t17-,18-,23+,24+,25+,26+,27+,28+,29+,30+,31+,32+,33+,34+,35+,36+,37+,38+,39-,40-,41+,42+,43-,44+,45+,46+,47+,48+,49+,50-,51-,52-,53-,54-,55-,56+,57+,58+,59-,60+,61+,62+,63+,64+,65-,66-,67-,68-,69?,70-,71-,72-,73+,74-,75-,76+,77-,78-,79-,80+/m0/s1. The molecule has 0 aromatic rings. The van der Waals surface area contributed by atoms with Crippen LogP contribution in [0.2, 0.25) is 0 Å². The van der Waals surface area contributed by atoms with Crippen LogP contribution < -0.4 is 21.3 Å². The van der Waals surface area contributed by atoms with Gasteiger partial charge in [-0.05, 0) is 13.8 Å². The molecule has 63 nitrogen and oxygen atoms in total. The van der Waals surface area contributed by atoms with E-state index in [0.717, 1.165) is 27.7 Å². The molecule has 0 spiro atoms. The fraction of sp³-hybridized carbons (Fsp3) is 0.950. The molecule has 12 aliphatic rings. The first-order chi connectivity index (χ1) is 67.6. The number of hydrogen-bond donors (Lipinski definition) is 36. The Labute approximate surface area is 809 Å². The molecule has 12 saturated heterocycles. The van der Waals surface area contributed by atoms with Crippen LogP contribution in [0.4, 0.5) is 0 Å². The van der Waals surface area contributed by atoms with E-state index in [0.29, 0.717) is 0 Å². The molecule has 0 saturated carbocycles. The number of carbonyl (C=O) groups excluding carboxylic acids is 4. The lowest BCUT2D eigenvalue weighted by Crippen LogP contribution is -2.71. The van der Waals surface area contributed by atoms with Crippen LogP contribution in [0.15, 0.2) is 0 Å². The van der Waals surface area contributed by atoms with Gasteiger partial charge in [0.15, 0.2) is 75.5 Å². The zero-order valence-corrected chi connectivity index (χ0v) is 77.0. The number of aliphatic hydroxyl groups excluding tert-OH is 32. The molecule has 0 aromatic heterocycles. The van der Waals surface area contributed by atoms with Crippen molar-refractivity contribution in [3.05, 3.63) is 0 Å². The Morgan fingerprint density at radius 2 is 0.448 bits per heavy atom. The van der Waals surface area contributed by atoms with Crippen molar-refractivity contribution in [1.82, 2.24) is 21.3 Å². The number of nitrogens with one attached hydrogen (secondary N) is 4. The summed E-state index contributed by atoms with van der Waals surface area (Å²) >= 11 is 0. The summed E-state index contributed by atoms with van der Waals surface area (Å²) < 4.78 is 138. The van der Waals surface area contributed by atoms with Crippen molar-refractivity contribution in [3.8, 4) is 0 Å². The fourth-order valence-electron chi connectivity index (χ4n) is 18.7. The van der Waals surface area contributed by atoms with Gasteiger partial charge in [-0.1, -0.05) is 0 Å². The van der Waals surface area contributed by atoms with E-state index in [4.69, 9.17) is 109 Å². The predicted molar refractivity (Wildman–Crippen MR) is 439 cm³/mol. The van der Waals surface area contributed by atoms with Crippen LogP contribution in [0.1, 0.15) is 41.5 Å². The molecular weight excluding hydrogens is 1960 g/mol. The van der Waals surface area contributed by atoms with Crippen molar-refractivity contribution in [3.63, 3.8) is 0 Å². The number of ether oxygens (including phenoxy) is 23. The van der Waals surface area contributed by atoms with Crippen molar-refractivity contribution >= 4 is 23.6 Å². The molecule has 0 aliphatic carbocycles. The van der Waals surface area contributed by atoms with Gasteiger partial charge in [0.1, 0.15) is 281 Å². The molecule has 12 rings (SSSR count). The maximum Gasteiger partial charge on any atom is 0.217 e. The minimum Gasteiger partial charge on any atom is -0.394 e. The van der Waals surface area contributed by atoms with Crippen molar-refractivity contribution in [2.24, 2.45) is 0 Å². The minimum atomic E-state index is -2.73. The fourth-order valence-corrected chi connectivity index (χ4v) is 18.7. The normalized spacial score (nSPS) is 50.7. The number of hydrogen-bond acceptors (Lipinski definition) is 59. The summed E-state index contributed by atoms with van der Waals surface area (Å²) in [6, 6.07) is -8.08. The zero-order chi connectivity index (χ0) is 105. The van der Waals surface area contributed by atoms with Gasteiger partial charge in [-0.15, -0.1) is 0 Å². The highest BCUT2D eigenvalue weighted by atomic mass is 16.8. The predicted octanol–water partition coefficient (Wildman–Crippen LogP) is -24.5. The molecule has 1 unspecified atom stereocenters. The Morgan fingerprint density at radius 1 is 0.196 bits per heavy atom. The summed E-state index contributed by atoms with van der Waals surface area (Å²) in [5.74, 6) is -4.00.